The van der Waals surface area contributed by atoms with Gasteiger partial charge in [0.25, 0.3) is 0 Å². The molecule has 1 fully saturated rings. The van der Waals surface area contributed by atoms with E-state index in [0.717, 1.165) is 5.56 Å². The number of halogens is 2. The van der Waals surface area contributed by atoms with Crippen LogP contribution in [-0.2, 0) is 20.9 Å². The fourth-order valence-corrected chi connectivity index (χ4v) is 3.24. The van der Waals surface area contributed by atoms with Crippen molar-refractivity contribution >= 4 is 57.3 Å². The SMILES string of the molecule is O=C1CN(Cc2ccc(Cl)c(Cl)c2)C(=O)C1C(=O)Nc1nccs1. The third-order valence-electron chi connectivity index (χ3n) is 3.51. The third kappa shape index (κ3) is 3.43. The van der Waals surface area contributed by atoms with Crippen molar-refractivity contribution in [2.24, 2.45) is 5.92 Å². The predicted octanol–water partition coefficient (Wildman–Crippen LogP) is 2.62. The summed E-state index contributed by atoms with van der Waals surface area (Å²) in [7, 11) is 0. The number of thiazole rings is 1. The molecule has 6 nitrogen and oxygen atoms in total. The van der Waals surface area contributed by atoms with E-state index in [9.17, 15) is 14.4 Å². The van der Waals surface area contributed by atoms with Gasteiger partial charge in [-0.1, -0.05) is 29.3 Å². The number of Topliss-reactive ketones (excluding diaryl/α,β-unsaturated/α-hetero) is 1. The molecule has 3 rings (SSSR count). The van der Waals surface area contributed by atoms with Crippen LogP contribution in [0.25, 0.3) is 0 Å². The molecule has 24 heavy (non-hydrogen) atoms. The number of carbonyl (C=O) groups excluding carboxylic acids is 3. The molecule has 1 N–H and O–H groups in total. The second-order valence-electron chi connectivity index (χ2n) is 5.17. The standard InChI is InChI=1S/C15H11Cl2N3O3S/c16-9-2-1-8(5-10(9)17)6-20-7-11(21)12(14(20)23)13(22)19-15-18-3-4-24-15/h1-5,12H,6-7H2,(H,18,19,22). The first-order chi connectivity index (χ1) is 11.5. The summed E-state index contributed by atoms with van der Waals surface area (Å²) in [4.78, 5) is 41.9. The van der Waals surface area contributed by atoms with Crippen molar-refractivity contribution in [3.8, 4) is 0 Å². The molecule has 1 unspecified atom stereocenters. The van der Waals surface area contributed by atoms with Gasteiger partial charge in [-0.05, 0) is 17.7 Å². The molecular weight excluding hydrogens is 373 g/mol. The zero-order valence-corrected chi connectivity index (χ0v) is 14.5. The molecule has 0 bridgehead atoms. The summed E-state index contributed by atoms with van der Waals surface area (Å²) in [6.45, 7) is 0.0670. The zero-order chi connectivity index (χ0) is 17.3. The monoisotopic (exact) mass is 383 g/mol. The van der Waals surface area contributed by atoms with Crippen LogP contribution in [0.2, 0.25) is 10.0 Å². The van der Waals surface area contributed by atoms with Gasteiger partial charge < -0.3 is 10.2 Å². The number of anilines is 1. The maximum atomic E-state index is 12.4. The molecule has 0 radical (unpaired) electrons. The van der Waals surface area contributed by atoms with E-state index < -0.39 is 23.5 Å². The zero-order valence-electron chi connectivity index (χ0n) is 12.2. The van der Waals surface area contributed by atoms with Crippen molar-refractivity contribution in [2.45, 2.75) is 6.54 Å². The number of carbonyl (C=O) groups is 3. The Kier molecular flexibility index (Phi) is 4.84. The molecule has 0 spiro atoms. The quantitative estimate of drug-likeness (QED) is 0.822. The molecule has 0 aliphatic carbocycles. The molecule has 0 saturated carbocycles. The number of benzene rings is 1. The second kappa shape index (κ2) is 6.88. The smallest absolute Gasteiger partial charge is 0.246 e. The van der Waals surface area contributed by atoms with E-state index in [2.05, 4.69) is 10.3 Å². The van der Waals surface area contributed by atoms with Gasteiger partial charge >= 0.3 is 0 Å². The molecule has 1 atom stereocenters. The number of hydrogen-bond donors (Lipinski definition) is 1. The van der Waals surface area contributed by atoms with Crippen molar-refractivity contribution in [1.29, 1.82) is 0 Å². The van der Waals surface area contributed by atoms with Crippen LogP contribution >= 0.6 is 34.5 Å². The Labute approximate surface area is 151 Å². The minimum atomic E-state index is -1.34. The molecule has 2 heterocycles. The molecule has 1 aromatic carbocycles. The lowest BCUT2D eigenvalue weighted by atomic mass is 10.1. The second-order valence-corrected chi connectivity index (χ2v) is 6.88. The number of amides is 2. The first-order valence-corrected chi connectivity index (χ1v) is 8.55. The van der Waals surface area contributed by atoms with Gasteiger partial charge in [-0.25, -0.2) is 4.98 Å². The summed E-state index contributed by atoms with van der Waals surface area (Å²) >= 11 is 13.0. The largest absolute Gasteiger partial charge is 0.330 e. The molecule has 1 saturated heterocycles. The maximum absolute atomic E-state index is 12.4. The minimum Gasteiger partial charge on any atom is -0.330 e. The minimum absolute atomic E-state index is 0.116. The normalized spacial score (nSPS) is 17.4. The Hall–Kier alpha value is -1.96. The van der Waals surface area contributed by atoms with Crippen molar-refractivity contribution in [3.05, 3.63) is 45.4 Å². The van der Waals surface area contributed by atoms with E-state index in [1.165, 1.54) is 22.4 Å². The van der Waals surface area contributed by atoms with E-state index >= 15 is 0 Å². The predicted molar refractivity (Wildman–Crippen MR) is 91.1 cm³/mol. The maximum Gasteiger partial charge on any atom is 0.246 e. The number of nitrogens with one attached hydrogen (secondary N) is 1. The Morgan fingerprint density at radius 2 is 2.12 bits per heavy atom. The first kappa shape index (κ1) is 16.9. The van der Waals surface area contributed by atoms with Crippen LogP contribution < -0.4 is 5.32 Å². The Morgan fingerprint density at radius 3 is 2.79 bits per heavy atom. The van der Waals surface area contributed by atoms with Gasteiger partial charge in [-0.2, -0.15) is 0 Å². The van der Waals surface area contributed by atoms with E-state index in [1.807, 2.05) is 0 Å². The average Bonchev–Trinajstić information content (AvgIpc) is 3.12. The van der Waals surface area contributed by atoms with Crippen LogP contribution in [0.15, 0.2) is 29.8 Å². The highest BCUT2D eigenvalue weighted by atomic mass is 35.5. The van der Waals surface area contributed by atoms with Crippen molar-refractivity contribution in [2.75, 3.05) is 11.9 Å². The molecule has 2 aromatic rings. The highest BCUT2D eigenvalue weighted by Crippen LogP contribution is 2.25. The number of likely N-dealkylation sites (tertiary alicyclic amines) is 1. The average molecular weight is 384 g/mol. The summed E-state index contributed by atoms with van der Waals surface area (Å²) in [6.07, 6.45) is 1.52. The summed E-state index contributed by atoms with van der Waals surface area (Å²) in [5, 5.41) is 5.30. The van der Waals surface area contributed by atoms with E-state index in [1.54, 1.807) is 23.6 Å². The van der Waals surface area contributed by atoms with Gasteiger partial charge in [0.15, 0.2) is 16.8 Å². The lowest BCUT2D eigenvalue weighted by molar-refractivity contribution is -0.138. The molecule has 1 aromatic heterocycles. The Balaban J connectivity index is 1.71. The fraction of sp³-hybridized carbons (Fsp3) is 0.200. The van der Waals surface area contributed by atoms with E-state index in [0.29, 0.717) is 15.2 Å². The summed E-state index contributed by atoms with van der Waals surface area (Å²) in [6, 6.07) is 4.97. The summed E-state index contributed by atoms with van der Waals surface area (Å²) in [5.41, 5.74) is 0.728. The van der Waals surface area contributed by atoms with Crippen LogP contribution in [0.3, 0.4) is 0 Å². The van der Waals surface area contributed by atoms with Crippen LogP contribution in [-0.4, -0.2) is 34.0 Å². The number of ketones is 1. The van der Waals surface area contributed by atoms with Gasteiger partial charge in [0.1, 0.15) is 0 Å². The van der Waals surface area contributed by atoms with Gasteiger partial charge in [0.05, 0.1) is 16.6 Å². The first-order valence-electron chi connectivity index (χ1n) is 6.91. The lowest BCUT2D eigenvalue weighted by Crippen LogP contribution is -2.34. The molecule has 1 aliphatic rings. The number of hydrogen-bond acceptors (Lipinski definition) is 5. The van der Waals surface area contributed by atoms with Gasteiger partial charge in [0.2, 0.25) is 11.8 Å². The van der Waals surface area contributed by atoms with Crippen molar-refractivity contribution in [1.82, 2.24) is 9.88 Å². The number of nitrogens with zero attached hydrogens (tertiary/aromatic N) is 2. The van der Waals surface area contributed by atoms with Crippen LogP contribution in [0.5, 0.6) is 0 Å². The van der Waals surface area contributed by atoms with Crippen LogP contribution in [0, 0.1) is 5.92 Å². The summed E-state index contributed by atoms with van der Waals surface area (Å²) in [5.74, 6) is -2.96. The topological polar surface area (TPSA) is 79.4 Å². The molecule has 124 valence electrons. The highest BCUT2D eigenvalue weighted by Gasteiger charge is 2.44. The van der Waals surface area contributed by atoms with E-state index in [4.69, 9.17) is 23.2 Å². The van der Waals surface area contributed by atoms with Gasteiger partial charge in [-0.15, -0.1) is 11.3 Å². The van der Waals surface area contributed by atoms with Gasteiger partial charge in [0, 0.05) is 18.1 Å². The lowest BCUT2D eigenvalue weighted by Gasteiger charge is -2.16. The molecule has 1 aliphatic heterocycles. The fourth-order valence-electron chi connectivity index (χ4n) is 2.39. The number of rotatable bonds is 4. The molecule has 9 heteroatoms. The van der Waals surface area contributed by atoms with E-state index in [-0.39, 0.29) is 13.1 Å². The third-order valence-corrected chi connectivity index (χ3v) is 4.94. The van der Waals surface area contributed by atoms with Crippen LogP contribution in [0.4, 0.5) is 5.13 Å². The van der Waals surface area contributed by atoms with Crippen molar-refractivity contribution in [3.63, 3.8) is 0 Å². The Morgan fingerprint density at radius 1 is 1.33 bits per heavy atom. The number of aromatic nitrogens is 1. The molecule has 2 amide bonds. The highest BCUT2D eigenvalue weighted by molar-refractivity contribution is 7.13. The Bertz CT molecular complexity index is 810. The van der Waals surface area contributed by atoms with Gasteiger partial charge in [-0.3, -0.25) is 14.4 Å². The van der Waals surface area contributed by atoms with Crippen LogP contribution in [0.1, 0.15) is 5.56 Å². The van der Waals surface area contributed by atoms with Crippen molar-refractivity contribution < 1.29 is 14.4 Å². The molecular formula is C15H11Cl2N3O3S. The summed E-state index contributed by atoms with van der Waals surface area (Å²) < 4.78 is 0.